The Kier molecular flexibility index (Phi) is 4.15. The van der Waals surface area contributed by atoms with Crippen molar-refractivity contribution >= 4 is 66.3 Å². The second-order valence-electron chi connectivity index (χ2n) is 8.29. The largest absolute Gasteiger partial charge is 0.455 e. The van der Waals surface area contributed by atoms with Crippen molar-refractivity contribution in [2.45, 2.75) is 0 Å². The van der Waals surface area contributed by atoms with E-state index in [1.165, 1.54) is 36.3 Å². The quantitative estimate of drug-likeness (QED) is 0.202. The second kappa shape index (κ2) is 7.22. The smallest absolute Gasteiger partial charge is 0.144 e. The number of benzene rings is 5. The third-order valence-electron chi connectivity index (χ3n) is 6.48. The van der Waals surface area contributed by atoms with Gasteiger partial charge >= 0.3 is 0 Å². The minimum atomic E-state index is 0.928. The first kappa shape index (κ1) is 18.9. The molecule has 0 saturated heterocycles. The fraction of sp³-hybridized carbons (Fsp3) is 0. The third-order valence-corrected chi connectivity index (χ3v) is 7.38. The lowest BCUT2D eigenvalue weighted by Crippen LogP contribution is -1.93. The van der Waals surface area contributed by atoms with Gasteiger partial charge in [-0.05, 0) is 70.6 Å². The highest BCUT2D eigenvalue weighted by Crippen LogP contribution is 2.43. The van der Waals surface area contributed by atoms with Crippen LogP contribution in [0, 0.1) is 3.57 Å². The number of halogens is 1. The van der Waals surface area contributed by atoms with Gasteiger partial charge in [0, 0.05) is 36.4 Å². The number of nitrogens with zero attached hydrogens (tertiary/aromatic N) is 1. The third kappa shape index (κ3) is 2.72. The highest BCUT2D eigenvalue weighted by molar-refractivity contribution is 14.1. The molecule has 7 aromatic rings. The zero-order valence-corrected chi connectivity index (χ0v) is 19.8. The highest BCUT2D eigenvalue weighted by Gasteiger charge is 2.20. The van der Waals surface area contributed by atoms with Crippen LogP contribution in [0.15, 0.2) is 114 Å². The molecule has 0 atom stereocenters. The van der Waals surface area contributed by atoms with E-state index in [1.807, 2.05) is 6.07 Å². The minimum Gasteiger partial charge on any atom is -0.455 e. The van der Waals surface area contributed by atoms with Gasteiger partial charge in [0.2, 0.25) is 0 Å². The van der Waals surface area contributed by atoms with E-state index in [4.69, 9.17) is 4.42 Å². The molecule has 0 bridgehead atoms. The standard InChI is InChI=1S/C30H18INO/c31-24-18-17-21(30-29(24)23-12-5-7-16-27(23)33-30)20-13-8-15-26-28(20)22-11-4-6-14-25(22)32(26)19-9-2-1-3-10-19/h1-18H. The molecule has 0 aliphatic carbocycles. The Balaban J connectivity index is 1.64. The molecule has 7 rings (SSSR count). The molecule has 2 nitrogen and oxygen atoms in total. The minimum absolute atomic E-state index is 0.928. The van der Waals surface area contributed by atoms with Crippen molar-refractivity contribution < 1.29 is 4.42 Å². The lowest BCUT2D eigenvalue weighted by molar-refractivity contribution is 0.670. The van der Waals surface area contributed by atoms with Gasteiger partial charge in [-0.1, -0.05) is 66.7 Å². The molecule has 0 saturated carbocycles. The van der Waals surface area contributed by atoms with Crippen LogP contribution in [0.5, 0.6) is 0 Å². The Labute approximate surface area is 204 Å². The fourth-order valence-electron chi connectivity index (χ4n) is 5.10. The molecule has 33 heavy (non-hydrogen) atoms. The van der Waals surface area contributed by atoms with E-state index in [2.05, 4.69) is 130 Å². The fourth-order valence-corrected chi connectivity index (χ4v) is 5.81. The average Bonchev–Trinajstić information content (AvgIpc) is 3.42. The van der Waals surface area contributed by atoms with Gasteiger partial charge in [-0.15, -0.1) is 0 Å². The lowest BCUT2D eigenvalue weighted by Gasteiger charge is -2.09. The normalized spacial score (nSPS) is 11.8. The summed E-state index contributed by atoms with van der Waals surface area (Å²) in [6.45, 7) is 0. The van der Waals surface area contributed by atoms with Crippen molar-refractivity contribution in [3.63, 3.8) is 0 Å². The molecule has 0 N–H and O–H groups in total. The zero-order chi connectivity index (χ0) is 21.9. The van der Waals surface area contributed by atoms with Crippen LogP contribution in [0.4, 0.5) is 0 Å². The number of hydrogen-bond donors (Lipinski definition) is 0. The van der Waals surface area contributed by atoms with E-state index in [0.717, 1.165) is 27.8 Å². The summed E-state index contributed by atoms with van der Waals surface area (Å²) in [6.07, 6.45) is 0. The summed E-state index contributed by atoms with van der Waals surface area (Å²) in [5.74, 6) is 0. The summed E-state index contributed by atoms with van der Waals surface area (Å²) in [4.78, 5) is 0. The van der Waals surface area contributed by atoms with E-state index in [9.17, 15) is 0 Å². The molecule has 0 spiro atoms. The molecule has 0 amide bonds. The first-order valence-corrected chi connectivity index (χ1v) is 12.1. The predicted octanol–water partition coefficient (Wildman–Crippen LogP) is 8.95. The molecule has 0 aliphatic heterocycles. The van der Waals surface area contributed by atoms with Crippen LogP contribution in [-0.2, 0) is 0 Å². The summed E-state index contributed by atoms with van der Waals surface area (Å²) in [7, 11) is 0. The maximum Gasteiger partial charge on any atom is 0.144 e. The van der Waals surface area contributed by atoms with Gasteiger partial charge in [0.25, 0.3) is 0 Å². The number of furan rings is 1. The monoisotopic (exact) mass is 535 g/mol. The number of aromatic nitrogens is 1. The molecular formula is C30H18INO. The Hall–Kier alpha value is -3.57. The van der Waals surface area contributed by atoms with Gasteiger partial charge < -0.3 is 8.98 Å². The van der Waals surface area contributed by atoms with Crippen LogP contribution in [0.2, 0.25) is 0 Å². The highest BCUT2D eigenvalue weighted by atomic mass is 127. The Morgan fingerprint density at radius 3 is 2.15 bits per heavy atom. The van der Waals surface area contributed by atoms with Gasteiger partial charge in [0.1, 0.15) is 11.2 Å². The van der Waals surface area contributed by atoms with Gasteiger partial charge in [0.05, 0.1) is 11.0 Å². The van der Waals surface area contributed by atoms with Gasteiger partial charge in [-0.25, -0.2) is 0 Å². The predicted molar refractivity (Wildman–Crippen MR) is 146 cm³/mol. The molecule has 5 aromatic carbocycles. The molecule has 0 aliphatic rings. The van der Waals surface area contributed by atoms with Crippen molar-refractivity contribution in [2.24, 2.45) is 0 Å². The Morgan fingerprint density at radius 1 is 0.545 bits per heavy atom. The van der Waals surface area contributed by atoms with Crippen molar-refractivity contribution in [2.75, 3.05) is 0 Å². The van der Waals surface area contributed by atoms with E-state index in [0.29, 0.717) is 0 Å². The van der Waals surface area contributed by atoms with Crippen molar-refractivity contribution in [3.05, 3.63) is 113 Å². The summed E-state index contributed by atoms with van der Waals surface area (Å²) < 4.78 is 10.0. The molecule has 0 fully saturated rings. The molecule has 2 heterocycles. The molecular weight excluding hydrogens is 517 g/mol. The number of hydrogen-bond acceptors (Lipinski definition) is 1. The van der Waals surface area contributed by atoms with Crippen LogP contribution in [0.1, 0.15) is 0 Å². The van der Waals surface area contributed by atoms with Crippen LogP contribution in [0.25, 0.3) is 60.6 Å². The van der Waals surface area contributed by atoms with Gasteiger partial charge in [-0.2, -0.15) is 0 Å². The summed E-state index contributed by atoms with van der Waals surface area (Å²) >= 11 is 2.42. The van der Waals surface area contributed by atoms with Crippen molar-refractivity contribution in [3.8, 4) is 16.8 Å². The van der Waals surface area contributed by atoms with E-state index >= 15 is 0 Å². The van der Waals surface area contributed by atoms with Crippen LogP contribution in [0.3, 0.4) is 0 Å². The molecule has 2 aromatic heterocycles. The zero-order valence-electron chi connectivity index (χ0n) is 17.6. The van der Waals surface area contributed by atoms with Crippen molar-refractivity contribution in [1.29, 1.82) is 0 Å². The Morgan fingerprint density at radius 2 is 1.27 bits per heavy atom. The second-order valence-corrected chi connectivity index (χ2v) is 9.45. The maximum atomic E-state index is 6.46. The number of fused-ring (bicyclic) bond motifs is 6. The number of para-hydroxylation sites is 3. The van der Waals surface area contributed by atoms with Gasteiger partial charge in [-0.3, -0.25) is 0 Å². The first-order valence-electron chi connectivity index (χ1n) is 11.0. The number of rotatable bonds is 2. The van der Waals surface area contributed by atoms with Crippen molar-refractivity contribution in [1.82, 2.24) is 4.57 Å². The molecule has 0 unspecified atom stereocenters. The summed E-state index contributed by atoms with van der Waals surface area (Å²) in [5.41, 5.74) is 7.77. The molecule has 0 radical (unpaired) electrons. The first-order chi connectivity index (χ1) is 16.3. The lowest BCUT2D eigenvalue weighted by atomic mass is 9.97. The SMILES string of the molecule is Ic1ccc(-c2cccc3c2c2ccccc2n3-c2ccccc2)c2oc3ccccc3c12. The topological polar surface area (TPSA) is 18.1 Å². The summed E-state index contributed by atoms with van der Waals surface area (Å²) in [5, 5.41) is 4.85. The van der Waals surface area contributed by atoms with Crippen LogP contribution < -0.4 is 0 Å². The van der Waals surface area contributed by atoms with E-state index in [1.54, 1.807) is 0 Å². The van der Waals surface area contributed by atoms with Crippen LogP contribution in [-0.4, -0.2) is 4.57 Å². The summed E-state index contributed by atoms with van der Waals surface area (Å²) in [6, 6.07) is 38.6. The maximum absolute atomic E-state index is 6.46. The molecule has 156 valence electrons. The molecule has 3 heteroatoms. The van der Waals surface area contributed by atoms with Crippen LogP contribution >= 0.6 is 22.6 Å². The van der Waals surface area contributed by atoms with E-state index < -0.39 is 0 Å². The van der Waals surface area contributed by atoms with Gasteiger partial charge in [0.15, 0.2) is 0 Å². The Bertz CT molecular complexity index is 1830. The van der Waals surface area contributed by atoms with E-state index in [-0.39, 0.29) is 0 Å². The average molecular weight is 535 g/mol.